The van der Waals surface area contributed by atoms with Crippen LogP contribution in [-0.4, -0.2) is 27.0 Å². The number of carbonyl (C=O) groups excluding carboxylic acids is 2. The Morgan fingerprint density at radius 3 is 2.58 bits per heavy atom. The van der Waals surface area contributed by atoms with Crippen molar-refractivity contribution in [1.82, 2.24) is 20.4 Å². The fourth-order valence-corrected chi connectivity index (χ4v) is 3.56. The Morgan fingerprint density at radius 1 is 1.13 bits per heavy atom. The first kappa shape index (κ1) is 20.6. The van der Waals surface area contributed by atoms with Crippen molar-refractivity contribution in [2.24, 2.45) is 0 Å². The maximum absolute atomic E-state index is 13.1. The lowest BCUT2D eigenvalue weighted by Crippen LogP contribution is -2.41. The van der Waals surface area contributed by atoms with Crippen molar-refractivity contribution < 1.29 is 27.3 Å². The smallest absolute Gasteiger partial charge is 0.337 e. The van der Waals surface area contributed by atoms with Crippen LogP contribution in [0.1, 0.15) is 29.5 Å². The number of imide groups is 1. The summed E-state index contributed by atoms with van der Waals surface area (Å²) in [7, 11) is 0. The molecule has 10 heteroatoms. The number of aromatic nitrogens is 2. The summed E-state index contributed by atoms with van der Waals surface area (Å²) in [6.45, 7) is 3.14. The summed E-state index contributed by atoms with van der Waals surface area (Å²) in [5.74, 6) is -0.648. The number of amides is 3. The average Bonchev–Trinajstić information content (AvgIpc) is 3.27. The van der Waals surface area contributed by atoms with Crippen molar-refractivity contribution in [3.63, 3.8) is 0 Å². The molecular formula is C21H17F3N4O3. The van der Waals surface area contributed by atoms with Crippen LogP contribution in [0.25, 0.3) is 11.4 Å². The van der Waals surface area contributed by atoms with E-state index in [0.717, 1.165) is 22.6 Å². The van der Waals surface area contributed by atoms with E-state index < -0.39 is 29.2 Å². The number of benzene rings is 2. The molecule has 3 aromatic rings. The minimum Gasteiger partial charge on any atom is -0.337 e. The molecule has 7 nitrogen and oxygen atoms in total. The van der Waals surface area contributed by atoms with Gasteiger partial charge in [-0.05, 0) is 37.1 Å². The highest BCUT2D eigenvalue weighted by molar-refractivity contribution is 6.07. The van der Waals surface area contributed by atoms with Crippen LogP contribution in [0.2, 0.25) is 0 Å². The maximum Gasteiger partial charge on any atom is 0.416 e. The topological polar surface area (TPSA) is 88.3 Å². The fourth-order valence-electron chi connectivity index (χ4n) is 3.56. The first-order valence-corrected chi connectivity index (χ1v) is 9.30. The minimum absolute atomic E-state index is 0.0742. The lowest BCUT2D eigenvalue weighted by atomic mass is 9.88. The molecule has 4 rings (SSSR count). The van der Waals surface area contributed by atoms with Crippen molar-refractivity contribution in [3.8, 4) is 11.4 Å². The monoisotopic (exact) mass is 430 g/mol. The van der Waals surface area contributed by atoms with E-state index in [1.807, 2.05) is 19.1 Å². The Hall–Kier alpha value is -3.69. The lowest BCUT2D eigenvalue weighted by molar-refractivity contribution is -0.137. The Balaban J connectivity index is 1.57. The molecule has 1 aliphatic rings. The highest BCUT2D eigenvalue weighted by Gasteiger charge is 2.50. The summed E-state index contributed by atoms with van der Waals surface area (Å²) in [6.07, 6.45) is -4.51. The quantitative estimate of drug-likeness (QED) is 0.632. The third-order valence-electron chi connectivity index (χ3n) is 5.17. The summed E-state index contributed by atoms with van der Waals surface area (Å²) in [4.78, 5) is 30.5. The molecule has 160 valence electrons. The number of alkyl halides is 3. The third kappa shape index (κ3) is 3.65. The normalized spacial score (nSPS) is 19.1. The van der Waals surface area contributed by atoms with Crippen LogP contribution in [0, 0.1) is 6.92 Å². The zero-order valence-corrected chi connectivity index (χ0v) is 16.5. The van der Waals surface area contributed by atoms with Gasteiger partial charge in [0.15, 0.2) is 0 Å². The molecular weight excluding hydrogens is 413 g/mol. The second-order valence-electron chi connectivity index (χ2n) is 7.35. The average molecular weight is 430 g/mol. The molecule has 0 radical (unpaired) electrons. The highest BCUT2D eigenvalue weighted by Crippen LogP contribution is 2.33. The number of hydrogen-bond donors (Lipinski definition) is 1. The molecule has 1 saturated heterocycles. The first-order valence-electron chi connectivity index (χ1n) is 9.30. The fraction of sp³-hybridized carbons (Fsp3) is 0.238. The van der Waals surface area contributed by atoms with Gasteiger partial charge >= 0.3 is 12.2 Å². The van der Waals surface area contributed by atoms with Crippen molar-refractivity contribution in [2.75, 3.05) is 0 Å². The van der Waals surface area contributed by atoms with Crippen LogP contribution < -0.4 is 5.32 Å². The second kappa shape index (κ2) is 7.22. The van der Waals surface area contributed by atoms with Crippen molar-refractivity contribution in [2.45, 2.75) is 32.1 Å². The molecule has 1 aromatic heterocycles. The third-order valence-corrected chi connectivity index (χ3v) is 5.17. The van der Waals surface area contributed by atoms with Crippen LogP contribution in [0.15, 0.2) is 53.1 Å². The Morgan fingerprint density at radius 2 is 1.87 bits per heavy atom. The molecule has 2 aromatic carbocycles. The van der Waals surface area contributed by atoms with E-state index in [4.69, 9.17) is 4.52 Å². The lowest BCUT2D eigenvalue weighted by Gasteiger charge is -2.23. The van der Waals surface area contributed by atoms with Gasteiger partial charge in [0.05, 0.1) is 5.56 Å². The number of urea groups is 1. The van der Waals surface area contributed by atoms with E-state index in [2.05, 4.69) is 15.5 Å². The SMILES string of the molecule is Cc1ccccc1C1(C)NC(=O)N(Cc2nc(-c3cccc(C(F)(F)F)c3)no2)C1=O. The predicted octanol–water partition coefficient (Wildman–Crippen LogP) is 4.03. The molecule has 1 fully saturated rings. The number of nitrogens with one attached hydrogen (secondary N) is 1. The van der Waals surface area contributed by atoms with E-state index in [1.165, 1.54) is 12.1 Å². The zero-order valence-electron chi connectivity index (χ0n) is 16.5. The summed E-state index contributed by atoms with van der Waals surface area (Å²) < 4.78 is 43.9. The van der Waals surface area contributed by atoms with Gasteiger partial charge in [0.25, 0.3) is 5.91 Å². The Kier molecular flexibility index (Phi) is 4.79. The van der Waals surface area contributed by atoms with Gasteiger partial charge in [0, 0.05) is 5.56 Å². The molecule has 1 unspecified atom stereocenters. The summed E-state index contributed by atoms with van der Waals surface area (Å²) in [5, 5.41) is 6.38. The van der Waals surface area contributed by atoms with Crippen LogP contribution in [0.5, 0.6) is 0 Å². The van der Waals surface area contributed by atoms with Crippen molar-refractivity contribution >= 4 is 11.9 Å². The zero-order chi connectivity index (χ0) is 22.4. The van der Waals surface area contributed by atoms with E-state index in [1.54, 1.807) is 19.1 Å². The summed E-state index contributed by atoms with van der Waals surface area (Å²) in [6, 6.07) is 11.0. The van der Waals surface area contributed by atoms with Crippen LogP contribution >= 0.6 is 0 Å². The van der Waals surface area contributed by atoms with Gasteiger partial charge in [0.2, 0.25) is 11.7 Å². The van der Waals surface area contributed by atoms with Crippen molar-refractivity contribution in [3.05, 3.63) is 71.1 Å². The van der Waals surface area contributed by atoms with Gasteiger partial charge in [-0.1, -0.05) is 41.6 Å². The van der Waals surface area contributed by atoms with Gasteiger partial charge in [-0.25, -0.2) is 4.79 Å². The number of hydrogen-bond acceptors (Lipinski definition) is 5. The molecule has 0 bridgehead atoms. The highest BCUT2D eigenvalue weighted by atomic mass is 19.4. The molecule has 3 amide bonds. The number of halogens is 3. The molecule has 0 saturated carbocycles. The van der Waals surface area contributed by atoms with Gasteiger partial charge in [-0.15, -0.1) is 0 Å². The summed E-state index contributed by atoms with van der Waals surface area (Å²) >= 11 is 0. The molecule has 1 aliphatic heterocycles. The van der Waals surface area contributed by atoms with Crippen LogP contribution in [0.3, 0.4) is 0 Å². The Labute approximate surface area is 174 Å². The molecule has 2 heterocycles. The largest absolute Gasteiger partial charge is 0.416 e. The standard InChI is InChI=1S/C21H17F3N4O3/c1-12-6-3-4-9-15(12)20(2)18(29)28(19(30)26-20)11-16-25-17(27-31-16)13-7-5-8-14(10-13)21(22,23)24/h3-10H,11H2,1-2H3,(H,26,30). The van der Waals surface area contributed by atoms with Gasteiger partial charge in [-0.3, -0.25) is 9.69 Å². The van der Waals surface area contributed by atoms with Crippen LogP contribution in [0.4, 0.5) is 18.0 Å². The minimum atomic E-state index is -4.51. The first-order chi connectivity index (χ1) is 14.6. The summed E-state index contributed by atoms with van der Waals surface area (Å²) in [5.41, 5.74) is -0.505. The van der Waals surface area contributed by atoms with Gasteiger partial charge < -0.3 is 9.84 Å². The van der Waals surface area contributed by atoms with E-state index in [0.29, 0.717) is 5.56 Å². The molecule has 31 heavy (non-hydrogen) atoms. The molecule has 1 atom stereocenters. The predicted molar refractivity (Wildman–Crippen MR) is 102 cm³/mol. The second-order valence-corrected chi connectivity index (χ2v) is 7.35. The van der Waals surface area contributed by atoms with Gasteiger partial charge in [-0.2, -0.15) is 18.2 Å². The van der Waals surface area contributed by atoms with Crippen LogP contribution in [-0.2, 0) is 23.1 Å². The number of carbonyl (C=O) groups is 2. The number of nitrogens with zero attached hydrogens (tertiary/aromatic N) is 3. The van der Waals surface area contributed by atoms with Crippen molar-refractivity contribution in [1.29, 1.82) is 0 Å². The Bertz CT molecular complexity index is 1170. The maximum atomic E-state index is 13.1. The van der Waals surface area contributed by atoms with E-state index >= 15 is 0 Å². The number of aryl methyl sites for hydroxylation is 1. The van der Waals surface area contributed by atoms with Gasteiger partial charge in [0.1, 0.15) is 12.1 Å². The molecule has 0 spiro atoms. The van der Waals surface area contributed by atoms with E-state index in [9.17, 15) is 22.8 Å². The molecule has 1 N–H and O–H groups in total. The van der Waals surface area contributed by atoms with E-state index in [-0.39, 0.29) is 23.8 Å². The number of rotatable bonds is 4. The molecule has 0 aliphatic carbocycles.